The predicted octanol–water partition coefficient (Wildman–Crippen LogP) is 3.44. The van der Waals surface area contributed by atoms with E-state index in [0.29, 0.717) is 6.04 Å². The molecule has 1 aliphatic carbocycles. The van der Waals surface area contributed by atoms with Crippen LogP contribution in [-0.2, 0) is 13.1 Å². The van der Waals surface area contributed by atoms with E-state index in [0.717, 1.165) is 24.5 Å². The number of para-hydroxylation sites is 1. The molecule has 0 saturated heterocycles. The molecule has 0 aliphatic heterocycles. The van der Waals surface area contributed by atoms with Crippen molar-refractivity contribution >= 4 is 5.69 Å². The molecule has 0 unspecified atom stereocenters. The number of anilines is 1. The van der Waals surface area contributed by atoms with Crippen molar-refractivity contribution in [3.8, 4) is 5.75 Å². The third-order valence-corrected chi connectivity index (χ3v) is 4.01. The molecule has 2 aromatic rings. The summed E-state index contributed by atoms with van der Waals surface area (Å²) in [7, 11) is 1.71. The summed E-state index contributed by atoms with van der Waals surface area (Å²) in [5.74, 6) is 0.919. The zero-order valence-electron chi connectivity index (χ0n) is 12.5. The second kappa shape index (κ2) is 6.19. The van der Waals surface area contributed by atoms with Crippen LogP contribution < -0.4 is 10.5 Å². The van der Waals surface area contributed by atoms with Crippen molar-refractivity contribution in [2.75, 3.05) is 12.8 Å². The normalized spacial score (nSPS) is 14.4. The minimum atomic E-state index is 0.691. The van der Waals surface area contributed by atoms with Gasteiger partial charge in [0.1, 0.15) is 5.75 Å². The second-order valence-electron chi connectivity index (χ2n) is 5.69. The van der Waals surface area contributed by atoms with Crippen LogP contribution in [0.3, 0.4) is 0 Å². The van der Waals surface area contributed by atoms with Crippen LogP contribution in [0, 0.1) is 0 Å². The Morgan fingerprint density at radius 1 is 1.10 bits per heavy atom. The number of nitrogens with zero attached hydrogens (tertiary/aromatic N) is 1. The molecule has 0 atom stereocenters. The van der Waals surface area contributed by atoms with Gasteiger partial charge in [0, 0.05) is 24.8 Å². The third kappa shape index (κ3) is 3.56. The standard InChI is InChI=1S/C18H22N2O/c1-21-17-7-4-5-14(11-17)12-20(16-9-10-16)13-15-6-2-3-8-18(15)19/h2-8,11,16H,9-10,12-13,19H2,1H3. The average Bonchev–Trinajstić information content (AvgIpc) is 3.34. The molecule has 0 bridgehead atoms. The van der Waals surface area contributed by atoms with Crippen molar-refractivity contribution in [1.82, 2.24) is 4.90 Å². The molecule has 110 valence electrons. The summed E-state index contributed by atoms with van der Waals surface area (Å²) in [6, 6.07) is 17.1. The Hall–Kier alpha value is -2.00. The van der Waals surface area contributed by atoms with Gasteiger partial charge in [0.15, 0.2) is 0 Å². The molecule has 3 nitrogen and oxygen atoms in total. The summed E-state index contributed by atoms with van der Waals surface area (Å²) in [4.78, 5) is 2.51. The Bertz CT molecular complexity index is 608. The third-order valence-electron chi connectivity index (χ3n) is 4.01. The Balaban J connectivity index is 1.74. The lowest BCUT2D eigenvalue weighted by Crippen LogP contribution is -2.25. The van der Waals surface area contributed by atoms with Crippen LogP contribution in [0.15, 0.2) is 48.5 Å². The van der Waals surface area contributed by atoms with Gasteiger partial charge < -0.3 is 10.5 Å². The van der Waals surface area contributed by atoms with Crippen molar-refractivity contribution in [3.05, 3.63) is 59.7 Å². The summed E-state index contributed by atoms with van der Waals surface area (Å²) in [6.07, 6.45) is 2.58. The van der Waals surface area contributed by atoms with Crippen LogP contribution in [0.25, 0.3) is 0 Å². The molecule has 1 fully saturated rings. The molecule has 21 heavy (non-hydrogen) atoms. The molecule has 3 heteroatoms. The van der Waals surface area contributed by atoms with E-state index >= 15 is 0 Å². The van der Waals surface area contributed by atoms with E-state index in [1.807, 2.05) is 18.2 Å². The van der Waals surface area contributed by atoms with E-state index in [1.165, 1.54) is 24.0 Å². The van der Waals surface area contributed by atoms with Gasteiger partial charge in [-0.15, -0.1) is 0 Å². The van der Waals surface area contributed by atoms with Gasteiger partial charge in [-0.05, 0) is 42.2 Å². The van der Waals surface area contributed by atoms with Crippen molar-refractivity contribution < 1.29 is 4.74 Å². The van der Waals surface area contributed by atoms with Crippen LogP contribution in [0.4, 0.5) is 5.69 Å². The number of nitrogens with two attached hydrogens (primary N) is 1. The van der Waals surface area contributed by atoms with Crippen LogP contribution in [-0.4, -0.2) is 18.1 Å². The zero-order chi connectivity index (χ0) is 14.7. The van der Waals surface area contributed by atoms with Crippen LogP contribution >= 0.6 is 0 Å². The number of ether oxygens (including phenoxy) is 1. The average molecular weight is 282 g/mol. The SMILES string of the molecule is COc1cccc(CN(Cc2ccccc2N)C2CC2)c1. The molecule has 1 aliphatic rings. The maximum absolute atomic E-state index is 6.08. The molecule has 1 saturated carbocycles. The van der Waals surface area contributed by atoms with E-state index in [2.05, 4.69) is 35.2 Å². The number of rotatable bonds is 6. The summed E-state index contributed by atoms with van der Waals surface area (Å²) >= 11 is 0. The van der Waals surface area contributed by atoms with Crippen LogP contribution in [0.2, 0.25) is 0 Å². The summed E-state index contributed by atoms with van der Waals surface area (Å²) in [5.41, 5.74) is 9.47. The van der Waals surface area contributed by atoms with Gasteiger partial charge in [-0.3, -0.25) is 4.90 Å². The van der Waals surface area contributed by atoms with Crippen LogP contribution in [0.1, 0.15) is 24.0 Å². The molecule has 0 spiro atoms. The van der Waals surface area contributed by atoms with E-state index in [-0.39, 0.29) is 0 Å². The molecular weight excluding hydrogens is 260 g/mol. The molecule has 3 rings (SSSR count). The lowest BCUT2D eigenvalue weighted by atomic mass is 10.1. The molecule has 0 aromatic heterocycles. The van der Waals surface area contributed by atoms with E-state index < -0.39 is 0 Å². The summed E-state index contributed by atoms with van der Waals surface area (Å²) in [6.45, 7) is 1.85. The monoisotopic (exact) mass is 282 g/mol. The maximum Gasteiger partial charge on any atom is 0.119 e. The Labute approximate surface area is 126 Å². The van der Waals surface area contributed by atoms with E-state index in [9.17, 15) is 0 Å². The smallest absolute Gasteiger partial charge is 0.119 e. The van der Waals surface area contributed by atoms with Gasteiger partial charge in [-0.2, -0.15) is 0 Å². The van der Waals surface area contributed by atoms with Crippen molar-refractivity contribution in [3.63, 3.8) is 0 Å². The molecular formula is C18H22N2O. The van der Waals surface area contributed by atoms with Gasteiger partial charge in [0.25, 0.3) is 0 Å². The number of methoxy groups -OCH3 is 1. The highest BCUT2D eigenvalue weighted by molar-refractivity contribution is 5.46. The Kier molecular flexibility index (Phi) is 4.11. The van der Waals surface area contributed by atoms with Crippen LogP contribution in [0.5, 0.6) is 5.75 Å². The lowest BCUT2D eigenvalue weighted by Gasteiger charge is -2.23. The van der Waals surface area contributed by atoms with Gasteiger partial charge in [0.05, 0.1) is 7.11 Å². The van der Waals surface area contributed by atoms with Crippen molar-refractivity contribution in [2.24, 2.45) is 0 Å². The van der Waals surface area contributed by atoms with Crippen molar-refractivity contribution in [2.45, 2.75) is 32.0 Å². The predicted molar refractivity (Wildman–Crippen MR) is 86.1 cm³/mol. The highest BCUT2D eigenvalue weighted by Crippen LogP contribution is 2.31. The van der Waals surface area contributed by atoms with Gasteiger partial charge in [-0.1, -0.05) is 30.3 Å². The zero-order valence-corrected chi connectivity index (χ0v) is 12.5. The minimum Gasteiger partial charge on any atom is -0.497 e. The minimum absolute atomic E-state index is 0.691. The fraction of sp³-hybridized carbons (Fsp3) is 0.333. The molecule has 0 amide bonds. The molecule has 2 aromatic carbocycles. The van der Waals surface area contributed by atoms with Gasteiger partial charge in [-0.25, -0.2) is 0 Å². The summed E-state index contributed by atoms with van der Waals surface area (Å²) < 4.78 is 5.31. The first kappa shape index (κ1) is 14.0. The fourth-order valence-electron chi connectivity index (χ4n) is 2.66. The highest BCUT2D eigenvalue weighted by Gasteiger charge is 2.29. The van der Waals surface area contributed by atoms with Crippen molar-refractivity contribution in [1.29, 1.82) is 0 Å². The fourth-order valence-corrected chi connectivity index (χ4v) is 2.66. The number of hydrogen-bond donors (Lipinski definition) is 1. The van der Waals surface area contributed by atoms with E-state index in [4.69, 9.17) is 10.5 Å². The van der Waals surface area contributed by atoms with Gasteiger partial charge in [0.2, 0.25) is 0 Å². The lowest BCUT2D eigenvalue weighted by molar-refractivity contribution is 0.246. The van der Waals surface area contributed by atoms with Gasteiger partial charge >= 0.3 is 0 Å². The summed E-state index contributed by atoms with van der Waals surface area (Å²) in [5, 5.41) is 0. The first-order valence-electron chi connectivity index (χ1n) is 7.46. The highest BCUT2D eigenvalue weighted by atomic mass is 16.5. The second-order valence-corrected chi connectivity index (χ2v) is 5.69. The topological polar surface area (TPSA) is 38.5 Å². The first-order chi connectivity index (χ1) is 10.3. The number of hydrogen-bond acceptors (Lipinski definition) is 3. The first-order valence-corrected chi connectivity index (χ1v) is 7.46. The Morgan fingerprint density at radius 3 is 2.62 bits per heavy atom. The number of benzene rings is 2. The largest absolute Gasteiger partial charge is 0.497 e. The van der Waals surface area contributed by atoms with E-state index in [1.54, 1.807) is 7.11 Å². The molecule has 2 N–H and O–H groups in total. The molecule has 0 radical (unpaired) electrons. The molecule has 0 heterocycles. The maximum atomic E-state index is 6.08. The quantitative estimate of drug-likeness (QED) is 0.825. The Morgan fingerprint density at radius 2 is 1.90 bits per heavy atom. The number of nitrogen functional groups attached to an aromatic ring is 1.